The lowest BCUT2D eigenvalue weighted by molar-refractivity contribution is -0.121. The molecule has 0 aromatic heterocycles. The second-order valence-electron chi connectivity index (χ2n) is 7.93. The quantitative estimate of drug-likeness (QED) is 0.543. The van der Waals surface area contributed by atoms with Crippen LogP contribution in [0.3, 0.4) is 0 Å². The molecule has 2 amide bonds. The summed E-state index contributed by atoms with van der Waals surface area (Å²) in [5.74, 6) is -0.191. The molecule has 1 aliphatic heterocycles. The third-order valence-corrected chi connectivity index (χ3v) is 5.61. The zero-order valence-corrected chi connectivity index (χ0v) is 17.6. The summed E-state index contributed by atoms with van der Waals surface area (Å²) in [5, 5.41) is 0. The molecule has 1 heterocycles. The fourth-order valence-corrected chi connectivity index (χ4v) is 3.97. The van der Waals surface area contributed by atoms with Crippen molar-refractivity contribution in [2.75, 3.05) is 22.9 Å². The topological polar surface area (TPSA) is 40.6 Å². The van der Waals surface area contributed by atoms with Gasteiger partial charge in [-0.3, -0.25) is 9.59 Å². The highest BCUT2D eigenvalue weighted by Crippen LogP contribution is 2.35. The number of unbranched alkanes of at least 4 members (excludes halogenated alkanes) is 5. The zero-order chi connectivity index (χ0) is 20.6. The van der Waals surface area contributed by atoms with Gasteiger partial charge in [-0.15, -0.1) is 0 Å². The first-order valence-electron chi connectivity index (χ1n) is 10.9. The van der Waals surface area contributed by atoms with E-state index in [1.807, 2.05) is 66.4 Å². The molecule has 0 bridgehead atoms. The van der Waals surface area contributed by atoms with Crippen LogP contribution in [-0.2, 0) is 4.79 Å². The van der Waals surface area contributed by atoms with Gasteiger partial charge in [0.1, 0.15) is 0 Å². The van der Waals surface area contributed by atoms with Crippen LogP contribution < -0.4 is 9.80 Å². The summed E-state index contributed by atoms with van der Waals surface area (Å²) < 4.78 is 0. The van der Waals surface area contributed by atoms with Crippen LogP contribution in [0.2, 0.25) is 0 Å². The third kappa shape index (κ3) is 5.06. The minimum atomic E-state index is -0.241. The van der Waals surface area contributed by atoms with Crippen LogP contribution in [0.25, 0.3) is 0 Å². The van der Waals surface area contributed by atoms with Crippen LogP contribution in [-0.4, -0.2) is 24.9 Å². The lowest BCUT2D eigenvalue weighted by Crippen LogP contribution is -2.38. The smallest absolute Gasteiger partial charge is 0.258 e. The fourth-order valence-electron chi connectivity index (χ4n) is 3.97. The highest BCUT2D eigenvalue weighted by Gasteiger charge is 2.33. The number of carbonyl (C=O) groups is 2. The van der Waals surface area contributed by atoms with E-state index in [9.17, 15) is 9.59 Å². The monoisotopic (exact) mass is 392 g/mol. The van der Waals surface area contributed by atoms with E-state index in [1.165, 1.54) is 25.7 Å². The van der Waals surface area contributed by atoms with Gasteiger partial charge in [-0.25, -0.2) is 0 Å². The number of hydrogen-bond acceptors (Lipinski definition) is 2. The predicted molar refractivity (Wildman–Crippen MR) is 119 cm³/mol. The molecule has 154 valence electrons. The number of anilines is 2. The number of fused-ring (bicyclic) bond motifs is 1. The number of carbonyl (C=O) groups excluding carboxylic acids is 2. The molecule has 0 fully saturated rings. The van der Waals surface area contributed by atoms with Crippen molar-refractivity contribution in [1.82, 2.24) is 0 Å². The first-order chi connectivity index (χ1) is 14.1. The highest BCUT2D eigenvalue weighted by atomic mass is 16.2. The number of amides is 2. The van der Waals surface area contributed by atoms with Crippen LogP contribution in [0.15, 0.2) is 54.6 Å². The van der Waals surface area contributed by atoms with E-state index < -0.39 is 0 Å². The largest absolute Gasteiger partial charge is 0.310 e. The van der Waals surface area contributed by atoms with Crippen molar-refractivity contribution in [1.29, 1.82) is 0 Å². The standard InChI is InChI=1S/C25H32N2O2/c1-3-4-5-6-7-13-18-26-22-16-11-12-17-23(22)27(19-20(2)24(26)28)25(29)21-14-9-8-10-15-21/h8-12,14-17,20H,3-7,13,18-19H2,1-2H3. The predicted octanol–water partition coefficient (Wildman–Crippen LogP) is 5.68. The summed E-state index contributed by atoms with van der Waals surface area (Å²) in [6.07, 6.45) is 7.11. The Labute approximate surface area is 174 Å². The zero-order valence-electron chi connectivity index (χ0n) is 17.6. The van der Waals surface area contributed by atoms with E-state index in [0.29, 0.717) is 18.7 Å². The number of benzene rings is 2. The van der Waals surface area contributed by atoms with Gasteiger partial charge in [0.2, 0.25) is 5.91 Å². The molecule has 0 N–H and O–H groups in total. The Hall–Kier alpha value is -2.62. The van der Waals surface area contributed by atoms with E-state index in [-0.39, 0.29) is 17.7 Å². The first kappa shape index (κ1) is 21.1. The van der Waals surface area contributed by atoms with Gasteiger partial charge in [-0.05, 0) is 30.7 Å². The van der Waals surface area contributed by atoms with Gasteiger partial charge in [0, 0.05) is 18.7 Å². The average molecular weight is 393 g/mol. The Morgan fingerprint density at radius 3 is 2.24 bits per heavy atom. The molecule has 2 aromatic carbocycles. The van der Waals surface area contributed by atoms with Crippen LogP contribution in [0.5, 0.6) is 0 Å². The molecular weight excluding hydrogens is 360 g/mol. The summed E-state index contributed by atoms with van der Waals surface area (Å²) in [6.45, 7) is 5.25. The van der Waals surface area contributed by atoms with Gasteiger partial charge in [-0.2, -0.15) is 0 Å². The van der Waals surface area contributed by atoms with Crippen molar-refractivity contribution < 1.29 is 9.59 Å². The van der Waals surface area contributed by atoms with Gasteiger partial charge < -0.3 is 9.80 Å². The highest BCUT2D eigenvalue weighted by molar-refractivity contribution is 6.11. The maximum Gasteiger partial charge on any atom is 0.258 e. The molecule has 0 saturated heterocycles. The molecule has 4 nitrogen and oxygen atoms in total. The Morgan fingerprint density at radius 2 is 1.52 bits per heavy atom. The van der Waals surface area contributed by atoms with Crippen molar-refractivity contribution in [2.24, 2.45) is 5.92 Å². The van der Waals surface area contributed by atoms with E-state index in [0.717, 1.165) is 24.2 Å². The van der Waals surface area contributed by atoms with Crippen LogP contribution in [0, 0.1) is 5.92 Å². The van der Waals surface area contributed by atoms with Crippen molar-refractivity contribution in [3.63, 3.8) is 0 Å². The maximum absolute atomic E-state index is 13.2. The molecule has 1 aliphatic rings. The number of para-hydroxylation sites is 2. The molecular formula is C25H32N2O2. The summed E-state index contributed by atoms with van der Waals surface area (Å²) in [5.41, 5.74) is 2.32. The van der Waals surface area contributed by atoms with Crippen LogP contribution >= 0.6 is 0 Å². The summed E-state index contributed by atoms with van der Waals surface area (Å²) in [7, 11) is 0. The fraction of sp³-hybridized carbons (Fsp3) is 0.440. The molecule has 29 heavy (non-hydrogen) atoms. The Bertz CT molecular complexity index is 819. The van der Waals surface area contributed by atoms with Gasteiger partial charge >= 0.3 is 0 Å². The van der Waals surface area contributed by atoms with Crippen molar-refractivity contribution in [3.8, 4) is 0 Å². The summed E-state index contributed by atoms with van der Waals surface area (Å²) >= 11 is 0. The Morgan fingerprint density at radius 1 is 0.897 bits per heavy atom. The molecule has 4 heteroatoms. The lowest BCUT2D eigenvalue weighted by Gasteiger charge is -2.25. The summed E-state index contributed by atoms with van der Waals surface area (Å²) in [6, 6.07) is 17.1. The second kappa shape index (κ2) is 10.2. The molecule has 0 radical (unpaired) electrons. The Kier molecular flexibility index (Phi) is 7.45. The summed E-state index contributed by atoms with van der Waals surface area (Å²) in [4.78, 5) is 30.1. The normalized spacial score (nSPS) is 16.5. The molecule has 2 aromatic rings. The lowest BCUT2D eigenvalue weighted by atomic mass is 10.1. The van der Waals surface area contributed by atoms with Gasteiger partial charge in [0.15, 0.2) is 0 Å². The third-order valence-electron chi connectivity index (χ3n) is 5.61. The minimum Gasteiger partial charge on any atom is -0.310 e. The molecule has 0 aliphatic carbocycles. The number of hydrogen-bond donors (Lipinski definition) is 0. The van der Waals surface area contributed by atoms with Crippen molar-refractivity contribution >= 4 is 23.2 Å². The minimum absolute atomic E-state index is 0.0564. The maximum atomic E-state index is 13.2. The van der Waals surface area contributed by atoms with Crippen molar-refractivity contribution in [3.05, 3.63) is 60.2 Å². The van der Waals surface area contributed by atoms with E-state index in [4.69, 9.17) is 0 Å². The van der Waals surface area contributed by atoms with E-state index in [1.54, 1.807) is 4.90 Å². The van der Waals surface area contributed by atoms with Gasteiger partial charge in [0.25, 0.3) is 5.91 Å². The van der Waals surface area contributed by atoms with Crippen molar-refractivity contribution in [2.45, 2.75) is 52.4 Å². The van der Waals surface area contributed by atoms with Crippen LogP contribution in [0.4, 0.5) is 11.4 Å². The first-order valence-corrected chi connectivity index (χ1v) is 10.9. The molecule has 1 atom stereocenters. The van der Waals surface area contributed by atoms with E-state index >= 15 is 0 Å². The Balaban J connectivity index is 1.83. The molecule has 0 spiro atoms. The number of rotatable bonds is 8. The molecule has 1 unspecified atom stereocenters. The van der Waals surface area contributed by atoms with Crippen LogP contribution in [0.1, 0.15) is 62.7 Å². The van der Waals surface area contributed by atoms with Gasteiger partial charge in [0.05, 0.1) is 17.3 Å². The second-order valence-corrected chi connectivity index (χ2v) is 7.93. The van der Waals surface area contributed by atoms with Gasteiger partial charge in [-0.1, -0.05) is 76.3 Å². The SMILES string of the molecule is CCCCCCCCN1C(=O)C(C)CN(C(=O)c2ccccc2)c2ccccc21. The average Bonchev–Trinajstić information content (AvgIpc) is 2.86. The molecule has 3 rings (SSSR count). The molecule has 0 saturated carbocycles. The number of nitrogens with zero attached hydrogens (tertiary/aromatic N) is 2. The van der Waals surface area contributed by atoms with E-state index in [2.05, 4.69) is 6.92 Å².